The molecule has 0 spiro atoms. The summed E-state index contributed by atoms with van der Waals surface area (Å²) in [5, 5.41) is 3.21. The van der Waals surface area contributed by atoms with E-state index in [1.165, 1.54) is 38.1 Å². The summed E-state index contributed by atoms with van der Waals surface area (Å²) in [6, 6.07) is 15.0. The molecule has 1 heterocycles. The predicted octanol–water partition coefficient (Wildman–Crippen LogP) is 4.05. The van der Waals surface area contributed by atoms with Gasteiger partial charge in [-0.05, 0) is 38.1 Å². The van der Waals surface area contributed by atoms with Gasteiger partial charge in [0.05, 0.1) is 4.90 Å². The molecule has 0 fully saturated rings. The predicted molar refractivity (Wildman–Crippen MR) is 107 cm³/mol. The number of rotatable bonds is 5. The van der Waals surface area contributed by atoms with Gasteiger partial charge in [0.15, 0.2) is 15.7 Å². The highest BCUT2D eigenvalue weighted by molar-refractivity contribution is 7.93. The van der Waals surface area contributed by atoms with Crippen molar-refractivity contribution in [2.45, 2.75) is 23.5 Å². The Balaban J connectivity index is 1.82. The van der Waals surface area contributed by atoms with Gasteiger partial charge in [-0.3, -0.25) is 10.1 Å². The van der Waals surface area contributed by atoms with Gasteiger partial charge in [0, 0.05) is 22.1 Å². The minimum absolute atomic E-state index is 0.0225. The topological polar surface area (TPSA) is 89.0 Å². The molecule has 0 saturated carbocycles. The van der Waals surface area contributed by atoms with Crippen LogP contribution in [0.4, 0.5) is 5.13 Å². The largest absolute Gasteiger partial charge is 0.299 e. The molecule has 6 nitrogen and oxygen atoms in total. The first-order chi connectivity index (χ1) is 12.7. The molecule has 9 heteroatoms. The zero-order chi connectivity index (χ0) is 19.7. The molecular formula is C18H16ClN3O3S2. The van der Waals surface area contributed by atoms with Gasteiger partial charge in [-0.1, -0.05) is 41.9 Å². The lowest BCUT2D eigenvalue weighted by Gasteiger charge is -2.23. The Kier molecular flexibility index (Phi) is 5.32. The summed E-state index contributed by atoms with van der Waals surface area (Å²) in [6.45, 7) is 2.71. The summed E-state index contributed by atoms with van der Waals surface area (Å²) >= 11 is 6.80. The van der Waals surface area contributed by atoms with Crippen molar-refractivity contribution in [2.75, 3.05) is 5.32 Å². The molecule has 0 radical (unpaired) electrons. The van der Waals surface area contributed by atoms with E-state index in [9.17, 15) is 13.2 Å². The Hall–Kier alpha value is -2.29. The van der Waals surface area contributed by atoms with Crippen molar-refractivity contribution in [1.82, 2.24) is 9.36 Å². The van der Waals surface area contributed by atoms with E-state index in [1.54, 1.807) is 0 Å². The molecule has 0 unspecified atom stereocenters. The lowest BCUT2D eigenvalue weighted by atomic mass is 10.2. The van der Waals surface area contributed by atoms with Gasteiger partial charge < -0.3 is 0 Å². The van der Waals surface area contributed by atoms with Crippen molar-refractivity contribution in [2.24, 2.45) is 0 Å². The van der Waals surface area contributed by atoms with Crippen LogP contribution in [0.1, 0.15) is 13.8 Å². The van der Waals surface area contributed by atoms with E-state index in [-0.39, 0.29) is 10.0 Å². The van der Waals surface area contributed by atoms with E-state index in [2.05, 4.69) is 14.7 Å². The van der Waals surface area contributed by atoms with Gasteiger partial charge in [0.2, 0.25) is 11.0 Å². The van der Waals surface area contributed by atoms with Crippen LogP contribution in [-0.2, 0) is 14.6 Å². The van der Waals surface area contributed by atoms with E-state index >= 15 is 0 Å². The Morgan fingerprint density at radius 2 is 1.70 bits per heavy atom. The number of hydrogen-bond donors (Lipinski definition) is 1. The fraction of sp³-hybridized carbons (Fsp3) is 0.167. The summed E-state index contributed by atoms with van der Waals surface area (Å²) < 4.78 is 28.3. The van der Waals surface area contributed by atoms with Crippen LogP contribution in [0, 0.1) is 0 Å². The van der Waals surface area contributed by atoms with E-state index in [0.717, 1.165) is 17.1 Å². The molecule has 1 N–H and O–H groups in total. The standard InChI is InChI=1S/C18H16ClN3O3S2/c1-18(2,27(24,25)14-10-8-13(19)9-11-14)16(23)21-17-20-15(22-26-17)12-6-4-3-5-7-12/h3-11H,1-2H3,(H,20,21,22,23). The van der Waals surface area contributed by atoms with Crippen molar-refractivity contribution >= 4 is 44.0 Å². The quantitative estimate of drug-likeness (QED) is 0.671. The number of anilines is 1. The molecule has 0 atom stereocenters. The van der Waals surface area contributed by atoms with E-state index in [1.807, 2.05) is 30.3 Å². The molecule has 2 aromatic carbocycles. The molecule has 0 aliphatic carbocycles. The van der Waals surface area contributed by atoms with E-state index in [4.69, 9.17) is 11.6 Å². The van der Waals surface area contributed by atoms with Crippen LogP contribution in [0.2, 0.25) is 5.02 Å². The Labute approximate surface area is 166 Å². The SMILES string of the molecule is CC(C)(C(=O)Nc1nc(-c2ccccc2)ns1)S(=O)(=O)c1ccc(Cl)cc1. The minimum Gasteiger partial charge on any atom is -0.299 e. The zero-order valence-electron chi connectivity index (χ0n) is 14.5. The van der Waals surface area contributed by atoms with Crippen LogP contribution in [0.15, 0.2) is 59.5 Å². The van der Waals surface area contributed by atoms with Crippen molar-refractivity contribution in [3.63, 3.8) is 0 Å². The minimum atomic E-state index is -3.93. The number of carbonyl (C=O) groups excluding carboxylic acids is 1. The molecule has 1 aromatic heterocycles. The molecule has 0 aliphatic rings. The third-order valence-electron chi connectivity index (χ3n) is 4.02. The highest BCUT2D eigenvalue weighted by atomic mass is 35.5. The lowest BCUT2D eigenvalue weighted by molar-refractivity contribution is -0.117. The average molecular weight is 422 g/mol. The van der Waals surface area contributed by atoms with Gasteiger partial charge in [-0.15, -0.1) is 0 Å². The summed E-state index contributed by atoms with van der Waals surface area (Å²) in [5.74, 6) is -0.220. The van der Waals surface area contributed by atoms with Gasteiger partial charge in [0.1, 0.15) is 4.75 Å². The first kappa shape index (κ1) is 19.5. The van der Waals surface area contributed by atoms with Gasteiger partial charge in [-0.25, -0.2) is 8.42 Å². The summed E-state index contributed by atoms with van der Waals surface area (Å²) in [7, 11) is -3.93. The number of carbonyl (C=O) groups is 1. The van der Waals surface area contributed by atoms with E-state index < -0.39 is 20.5 Å². The Morgan fingerprint density at radius 1 is 1.07 bits per heavy atom. The number of benzene rings is 2. The van der Waals surface area contributed by atoms with E-state index in [0.29, 0.717) is 10.8 Å². The first-order valence-electron chi connectivity index (χ1n) is 7.92. The third-order valence-corrected chi connectivity index (χ3v) is 7.33. The number of nitrogens with one attached hydrogen (secondary N) is 1. The molecule has 3 rings (SSSR count). The Morgan fingerprint density at radius 3 is 2.33 bits per heavy atom. The first-order valence-corrected chi connectivity index (χ1v) is 10.6. The second kappa shape index (κ2) is 7.38. The maximum Gasteiger partial charge on any atom is 0.247 e. The smallest absolute Gasteiger partial charge is 0.247 e. The molecule has 140 valence electrons. The molecule has 0 saturated heterocycles. The van der Waals surface area contributed by atoms with Crippen molar-refractivity contribution in [3.8, 4) is 11.4 Å². The van der Waals surface area contributed by atoms with Crippen molar-refractivity contribution in [3.05, 3.63) is 59.6 Å². The van der Waals surface area contributed by atoms with Crippen LogP contribution < -0.4 is 5.32 Å². The third kappa shape index (κ3) is 3.87. The maximum absolute atomic E-state index is 12.9. The summed E-state index contributed by atoms with van der Waals surface area (Å²) in [6.07, 6.45) is 0. The van der Waals surface area contributed by atoms with Crippen LogP contribution in [-0.4, -0.2) is 28.4 Å². The fourth-order valence-corrected chi connectivity index (χ4v) is 4.35. The number of amides is 1. The molecule has 0 bridgehead atoms. The number of halogens is 1. The highest BCUT2D eigenvalue weighted by Crippen LogP contribution is 2.29. The molecule has 0 aliphatic heterocycles. The average Bonchev–Trinajstić information content (AvgIpc) is 3.11. The highest BCUT2D eigenvalue weighted by Gasteiger charge is 2.43. The fourth-order valence-electron chi connectivity index (χ4n) is 2.26. The number of hydrogen-bond acceptors (Lipinski definition) is 6. The Bertz CT molecular complexity index is 1060. The number of sulfone groups is 1. The molecule has 3 aromatic rings. The summed E-state index contributed by atoms with van der Waals surface area (Å²) in [5.41, 5.74) is 0.808. The van der Waals surface area contributed by atoms with Crippen LogP contribution >= 0.6 is 23.1 Å². The van der Waals surface area contributed by atoms with Crippen molar-refractivity contribution in [1.29, 1.82) is 0 Å². The molecule has 1 amide bonds. The zero-order valence-corrected chi connectivity index (χ0v) is 16.9. The molecular weight excluding hydrogens is 406 g/mol. The van der Waals surface area contributed by atoms with Crippen LogP contribution in [0.5, 0.6) is 0 Å². The second-order valence-corrected chi connectivity index (χ2v) is 9.90. The number of aromatic nitrogens is 2. The normalized spacial score (nSPS) is 12.0. The van der Waals surface area contributed by atoms with Crippen LogP contribution in [0.25, 0.3) is 11.4 Å². The second-order valence-electron chi connectivity index (χ2n) is 6.21. The van der Waals surface area contributed by atoms with Gasteiger partial charge in [-0.2, -0.15) is 9.36 Å². The summed E-state index contributed by atoms with van der Waals surface area (Å²) in [4.78, 5) is 17.0. The number of nitrogens with zero attached hydrogens (tertiary/aromatic N) is 2. The van der Waals surface area contributed by atoms with Crippen molar-refractivity contribution < 1.29 is 13.2 Å². The lowest BCUT2D eigenvalue weighted by Crippen LogP contribution is -2.44. The van der Waals surface area contributed by atoms with Gasteiger partial charge in [0.25, 0.3) is 0 Å². The maximum atomic E-state index is 12.9. The van der Waals surface area contributed by atoms with Gasteiger partial charge >= 0.3 is 0 Å². The monoisotopic (exact) mass is 421 g/mol. The van der Waals surface area contributed by atoms with Crippen LogP contribution in [0.3, 0.4) is 0 Å². The molecule has 27 heavy (non-hydrogen) atoms.